The van der Waals surface area contributed by atoms with Crippen molar-refractivity contribution in [3.05, 3.63) is 52.9 Å². The molecule has 8 heteroatoms. The zero-order chi connectivity index (χ0) is 19.1. The van der Waals surface area contributed by atoms with Crippen LogP contribution in [-0.2, 0) is 19.4 Å². The summed E-state index contributed by atoms with van der Waals surface area (Å²) in [6.45, 7) is 4.93. The van der Waals surface area contributed by atoms with Crippen molar-refractivity contribution in [3.8, 4) is 10.8 Å². The van der Waals surface area contributed by atoms with Crippen molar-refractivity contribution in [1.82, 2.24) is 34.7 Å². The van der Waals surface area contributed by atoms with Crippen LogP contribution >= 0.6 is 11.3 Å². The minimum absolute atomic E-state index is 0.664. The maximum Gasteiger partial charge on any atom is 0.198 e. The number of aromatic nitrogens is 7. The number of hydrogen-bond acceptors (Lipinski definition) is 6. The van der Waals surface area contributed by atoms with Gasteiger partial charge in [-0.2, -0.15) is 0 Å². The fourth-order valence-electron chi connectivity index (χ4n) is 3.49. The lowest BCUT2D eigenvalue weighted by atomic mass is 10.1. The number of rotatable bonds is 5. The number of aromatic amines is 1. The van der Waals surface area contributed by atoms with Gasteiger partial charge in [-0.3, -0.25) is 0 Å². The first kappa shape index (κ1) is 17.0. The molecule has 0 amide bonds. The molecule has 0 unspecified atom stereocenters. The Bertz CT molecular complexity index is 1270. The molecule has 4 heterocycles. The van der Waals surface area contributed by atoms with E-state index >= 15 is 0 Å². The molecule has 5 aromatic rings. The third-order valence-corrected chi connectivity index (χ3v) is 5.55. The number of benzene rings is 1. The van der Waals surface area contributed by atoms with Gasteiger partial charge in [-0.15, -0.1) is 10.2 Å². The van der Waals surface area contributed by atoms with Crippen LogP contribution in [0, 0.1) is 6.92 Å². The molecule has 1 N–H and O–H groups in total. The molecule has 4 aromatic heterocycles. The normalized spacial score (nSPS) is 11.6. The highest BCUT2D eigenvalue weighted by atomic mass is 32.1. The highest BCUT2D eigenvalue weighted by Gasteiger charge is 2.16. The van der Waals surface area contributed by atoms with Crippen LogP contribution in [0.5, 0.6) is 0 Å². The number of aryl methyl sites for hydroxylation is 4. The van der Waals surface area contributed by atoms with Crippen LogP contribution in [0.2, 0.25) is 0 Å². The lowest BCUT2D eigenvalue weighted by molar-refractivity contribution is 0.783. The maximum atomic E-state index is 4.75. The summed E-state index contributed by atoms with van der Waals surface area (Å²) >= 11 is 1.47. The summed E-state index contributed by atoms with van der Waals surface area (Å²) in [5.74, 6) is 0.781. The Labute approximate surface area is 165 Å². The summed E-state index contributed by atoms with van der Waals surface area (Å²) in [5, 5.41) is 10.1. The number of fused-ring (bicyclic) bond motifs is 2. The maximum absolute atomic E-state index is 4.75. The highest BCUT2D eigenvalue weighted by molar-refractivity contribution is 7.12. The van der Waals surface area contributed by atoms with E-state index in [9.17, 15) is 0 Å². The molecular weight excluding hydrogens is 370 g/mol. The zero-order valence-corrected chi connectivity index (χ0v) is 16.5. The van der Waals surface area contributed by atoms with Crippen LogP contribution < -0.4 is 0 Å². The zero-order valence-electron chi connectivity index (χ0n) is 15.7. The Hall–Kier alpha value is -3.13. The third-order valence-electron chi connectivity index (χ3n) is 4.86. The van der Waals surface area contributed by atoms with Crippen LogP contribution in [0.15, 0.2) is 36.0 Å². The van der Waals surface area contributed by atoms with Gasteiger partial charge in [0, 0.05) is 17.8 Å². The Morgan fingerprint density at radius 2 is 2.07 bits per heavy atom. The molecule has 0 aliphatic rings. The summed E-state index contributed by atoms with van der Waals surface area (Å²) in [6, 6.07) is 8.68. The second kappa shape index (κ2) is 6.79. The Kier molecular flexibility index (Phi) is 4.12. The van der Waals surface area contributed by atoms with Crippen LogP contribution in [0.3, 0.4) is 0 Å². The van der Waals surface area contributed by atoms with E-state index in [0.717, 1.165) is 41.6 Å². The molecule has 0 fully saturated rings. The van der Waals surface area contributed by atoms with Gasteiger partial charge in [0.15, 0.2) is 22.1 Å². The van der Waals surface area contributed by atoms with Crippen molar-refractivity contribution in [2.45, 2.75) is 33.2 Å². The van der Waals surface area contributed by atoms with E-state index < -0.39 is 0 Å². The van der Waals surface area contributed by atoms with Gasteiger partial charge >= 0.3 is 0 Å². The molecule has 1 aromatic carbocycles. The van der Waals surface area contributed by atoms with Crippen LogP contribution in [0.1, 0.15) is 23.9 Å². The van der Waals surface area contributed by atoms with Crippen molar-refractivity contribution >= 4 is 33.5 Å². The highest BCUT2D eigenvalue weighted by Crippen LogP contribution is 2.24. The molecule has 0 saturated heterocycles. The minimum Gasteiger partial charge on any atom is -0.358 e. The van der Waals surface area contributed by atoms with Gasteiger partial charge in [-0.05, 0) is 49.8 Å². The number of nitrogens with one attached hydrogen (secondary N) is 1. The first-order valence-electron chi connectivity index (χ1n) is 9.28. The fourth-order valence-corrected chi connectivity index (χ4v) is 4.04. The standard InChI is InChI=1S/C20H19N7S/c1-3-27-18-17(25-19(27)20-26-22-11-28-20)24-15(10-21-18)7-6-14-9-13-5-4-12(2)8-16(13)23-14/h4-5,8-11,23H,3,6-7H2,1-2H3. The third kappa shape index (κ3) is 2.95. The fraction of sp³-hybridized carbons (Fsp3) is 0.250. The van der Waals surface area contributed by atoms with Gasteiger partial charge in [0.2, 0.25) is 0 Å². The summed E-state index contributed by atoms with van der Waals surface area (Å²) in [4.78, 5) is 17.6. The number of imidazole rings is 1. The lowest BCUT2D eigenvalue weighted by Crippen LogP contribution is -2.00. The van der Waals surface area contributed by atoms with E-state index in [2.05, 4.69) is 63.3 Å². The molecule has 5 rings (SSSR count). The average molecular weight is 389 g/mol. The SMILES string of the molecule is CCn1c(-c2nncs2)nc2nc(CCc3cc4ccc(C)cc4[nH]3)cnc21. The van der Waals surface area contributed by atoms with E-state index in [-0.39, 0.29) is 0 Å². The molecule has 0 aliphatic heterocycles. The predicted molar refractivity (Wildman–Crippen MR) is 110 cm³/mol. The summed E-state index contributed by atoms with van der Waals surface area (Å²) in [7, 11) is 0. The summed E-state index contributed by atoms with van der Waals surface area (Å²) in [6.07, 6.45) is 3.54. The molecule has 7 nitrogen and oxygen atoms in total. The van der Waals surface area contributed by atoms with E-state index in [4.69, 9.17) is 4.98 Å². The predicted octanol–water partition coefficient (Wildman–Crippen LogP) is 3.94. The van der Waals surface area contributed by atoms with E-state index in [0.29, 0.717) is 5.65 Å². The van der Waals surface area contributed by atoms with Crippen molar-refractivity contribution in [3.63, 3.8) is 0 Å². The average Bonchev–Trinajstić information content (AvgIpc) is 3.42. The van der Waals surface area contributed by atoms with Gasteiger partial charge in [-0.25, -0.2) is 15.0 Å². The first-order valence-corrected chi connectivity index (χ1v) is 10.2. The summed E-state index contributed by atoms with van der Waals surface area (Å²) in [5.41, 5.74) is 7.75. The molecular formula is C20H19N7S. The Morgan fingerprint density at radius 3 is 2.89 bits per heavy atom. The molecule has 140 valence electrons. The van der Waals surface area contributed by atoms with Crippen LogP contribution in [-0.4, -0.2) is 34.7 Å². The first-order chi connectivity index (χ1) is 13.7. The van der Waals surface area contributed by atoms with E-state index in [1.165, 1.54) is 33.5 Å². The molecule has 0 saturated carbocycles. The molecule has 0 atom stereocenters. The molecule has 0 spiro atoms. The lowest BCUT2D eigenvalue weighted by Gasteiger charge is -2.02. The van der Waals surface area contributed by atoms with E-state index in [1.807, 2.05) is 10.8 Å². The quantitative estimate of drug-likeness (QED) is 0.492. The minimum atomic E-state index is 0.664. The monoisotopic (exact) mass is 389 g/mol. The molecule has 0 bridgehead atoms. The van der Waals surface area contributed by atoms with Crippen LogP contribution in [0.25, 0.3) is 33.0 Å². The number of H-pyrrole nitrogens is 1. The Balaban J connectivity index is 1.43. The van der Waals surface area contributed by atoms with Crippen molar-refractivity contribution in [2.24, 2.45) is 0 Å². The van der Waals surface area contributed by atoms with Gasteiger partial charge in [0.25, 0.3) is 0 Å². The van der Waals surface area contributed by atoms with Crippen LogP contribution in [0.4, 0.5) is 0 Å². The van der Waals surface area contributed by atoms with Gasteiger partial charge in [0.1, 0.15) is 5.51 Å². The number of nitrogens with zero attached hydrogens (tertiary/aromatic N) is 6. The van der Waals surface area contributed by atoms with E-state index in [1.54, 1.807) is 5.51 Å². The van der Waals surface area contributed by atoms with Crippen molar-refractivity contribution < 1.29 is 0 Å². The molecule has 28 heavy (non-hydrogen) atoms. The molecule has 0 aliphatic carbocycles. The van der Waals surface area contributed by atoms with Crippen molar-refractivity contribution in [2.75, 3.05) is 0 Å². The van der Waals surface area contributed by atoms with Gasteiger partial charge < -0.3 is 9.55 Å². The van der Waals surface area contributed by atoms with Gasteiger partial charge in [0.05, 0.1) is 11.9 Å². The Morgan fingerprint density at radius 1 is 1.14 bits per heavy atom. The number of hydrogen-bond donors (Lipinski definition) is 1. The summed E-state index contributed by atoms with van der Waals surface area (Å²) < 4.78 is 2.03. The largest absolute Gasteiger partial charge is 0.358 e. The van der Waals surface area contributed by atoms with Crippen molar-refractivity contribution in [1.29, 1.82) is 0 Å². The topological polar surface area (TPSA) is 85.2 Å². The smallest absolute Gasteiger partial charge is 0.198 e. The molecule has 0 radical (unpaired) electrons. The van der Waals surface area contributed by atoms with Gasteiger partial charge in [-0.1, -0.05) is 23.5 Å². The second-order valence-electron chi connectivity index (χ2n) is 6.82. The second-order valence-corrected chi connectivity index (χ2v) is 7.65.